The van der Waals surface area contributed by atoms with E-state index < -0.39 is 0 Å². The summed E-state index contributed by atoms with van der Waals surface area (Å²) in [5, 5.41) is 3.77. The van der Waals surface area contributed by atoms with Crippen LogP contribution in [0.25, 0.3) is 0 Å². The molecule has 0 aliphatic heterocycles. The molecule has 1 N–H and O–H groups in total. The molecule has 0 aromatic carbocycles. The Morgan fingerprint density at radius 1 is 1.22 bits per heavy atom. The van der Waals surface area contributed by atoms with Crippen LogP contribution >= 0.6 is 11.6 Å². The van der Waals surface area contributed by atoms with Crippen LogP contribution in [-0.2, 0) is 6.42 Å². The average molecular weight is 263 g/mol. The third-order valence-electron chi connectivity index (χ3n) is 2.60. The van der Waals surface area contributed by atoms with Crippen molar-refractivity contribution in [1.82, 2.24) is 15.0 Å². The number of anilines is 1. The number of hydrogen-bond acceptors (Lipinski definition) is 4. The number of hydrogen-bond donors (Lipinski definition) is 1. The summed E-state index contributed by atoms with van der Waals surface area (Å²) in [5.74, 6) is 1.47. The Morgan fingerprint density at radius 2 is 2.06 bits per heavy atom. The van der Waals surface area contributed by atoms with Crippen LogP contribution in [-0.4, -0.2) is 21.5 Å². The fraction of sp³-hybridized carbons (Fsp3) is 0.308. The van der Waals surface area contributed by atoms with Gasteiger partial charge in [0.15, 0.2) is 0 Å². The van der Waals surface area contributed by atoms with E-state index in [0.717, 1.165) is 30.0 Å². The second-order valence-corrected chi connectivity index (χ2v) is 4.39. The molecule has 0 fully saturated rings. The molecule has 0 spiro atoms. The van der Waals surface area contributed by atoms with Crippen molar-refractivity contribution in [3.63, 3.8) is 0 Å². The van der Waals surface area contributed by atoms with Crippen LogP contribution in [0.5, 0.6) is 0 Å². The highest BCUT2D eigenvalue weighted by atomic mass is 35.5. The van der Waals surface area contributed by atoms with E-state index in [1.54, 1.807) is 6.20 Å². The van der Waals surface area contributed by atoms with Crippen molar-refractivity contribution in [2.24, 2.45) is 0 Å². The molecule has 0 saturated carbocycles. The maximum atomic E-state index is 6.01. The Hall–Kier alpha value is -1.68. The summed E-state index contributed by atoms with van der Waals surface area (Å²) in [6, 6.07) is 5.90. The van der Waals surface area contributed by atoms with Gasteiger partial charge in [-0.1, -0.05) is 17.7 Å². The van der Waals surface area contributed by atoms with Gasteiger partial charge in [-0.3, -0.25) is 4.98 Å². The number of rotatable bonds is 4. The van der Waals surface area contributed by atoms with E-state index in [1.165, 1.54) is 0 Å². The second-order valence-electron chi connectivity index (χ2n) is 4.03. The molecule has 0 amide bonds. The number of nitrogens with zero attached hydrogens (tertiary/aromatic N) is 3. The Kier molecular flexibility index (Phi) is 4.10. The molecule has 2 aromatic rings. The zero-order valence-corrected chi connectivity index (χ0v) is 11.2. The fourth-order valence-corrected chi connectivity index (χ4v) is 1.83. The van der Waals surface area contributed by atoms with Crippen LogP contribution < -0.4 is 5.32 Å². The van der Waals surface area contributed by atoms with Crippen LogP contribution in [0.1, 0.15) is 17.1 Å². The summed E-state index contributed by atoms with van der Waals surface area (Å²) in [6.45, 7) is 4.50. The molecule has 0 aliphatic carbocycles. The minimum Gasteiger partial charge on any atom is -0.369 e. The van der Waals surface area contributed by atoms with Crippen LogP contribution in [0.4, 0.5) is 5.82 Å². The standard InChI is InChI=1S/C13H15ClN4/c1-9-12(14)17-10(2)18-13(9)16-8-6-11-5-3-4-7-15-11/h3-5,7H,6,8H2,1-2H3,(H,16,17,18). The van der Waals surface area contributed by atoms with Crippen LogP contribution in [0.3, 0.4) is 0 Å². The van der Waals surface area contributed by atoms with Gasteiger partial charge in [0, 0.05) is 30.4 Å². The molecule has 0 unspecified atom stereocenters. The molecular weight excluding hydrogens is 248 g/mol. The molecule has 18 heavy (non-hydrogen) atoms. The lowest BCUT2D eigenvalue weighted by molar-refractivity contribution is 0.937. The zero-order valence-electron chi connectivity index (χ0n) is 10.4. The lowest BCUT2D eigenvalue weighted by atomic mass is 10.2. The molecule has 0 atom stereocenters. The predicted octanol–water partition coefficient (Wildman–Crippen LogP) is 2.80. The highest BCUT2D eigenvalue weighted by molar-refractivity contribution is 6.30. The molecule has 94 valence electrons. The second kappa shape index (κ2) is 5.78. The molecule has 0 bridgehead atoms. The van der Waals surface area contributed by atoms with E-state index in [4.69, 9.17) is 11.6 Å². The molecule has 4 nitrogen and oxygen atoms in total. The first kappa shape index (κ1) is 12.8. The Bertz CT molecular complexity index is 528. The van der Waals surface area contributed by atoms with Gasteiger partial charge >= 0.3 is 0 Å². The Balaban J connectivity index is 1.99. The zero-order chi connectivity index (χ0) is 13.0. The third-order valence-corrected chi connectivity index (χ3v) is 2.97. The SMILES string of the molecule is Cc1nc(Cl)c(C)c(NCCc2ccccn2)n1. The monoisotopic (exact) mass is 262 g/mol. The summed E-state index contributed by atoms with van der Waals surface area (Å²) < 4.78 is 0. The molecule has 5 heteroatoms. The summed E-state index contributed by atoms with van der Waals surface area (Å²) in [6.07, 6.45) is 2.65. The lowest BCUT2D eigenvalue weighted by Crippen LogP contribution is -2.10. The van der Waals surface area contributed by atoms with Crippen molar-refractivity contribution in [1.29, 1.82) is 0 Å². The number of nitrogens with one attached hydrogen (secondary N) is 1. The molecular formula is C13H15ClN4. The molecule has 0 saturated heterocycles. The fourth-order valence-electron chi connectivity index (χ4n) is 1.62. The summed E-state index contributed by atoms with van der Waals surface area (Å²) in [7, 11) is 0. The highest BCUT2D eigenvalue weighted by Crippen LogP contribution is 2.19. The molecule has 2 aromatic heterocycles. The van der Waals surface area contributed by atoms with Gasteiger partial charge in [-0.15, -0.1) is 0 Å². The van der Waals surface area contributed by atoms with Gasteiger partial charge < -0.3 is 5.32 Å². The Labute approximate surface area is 111 Å². The van der Waals surface area contributed by atoms with Gasteiger partial charge in [0.1, 0.15) is 16.8 Å². The van der Waals surface area contributed by atoms with Gasteiger partial charge in [-0.05, 0) is 26.0 Å². The first-order valence-electron chi connectivity index (χ1n) is 5.81. The van der Waals surface area contributed by atoms with E-state index in [2.05, 4.69) is 20.3 Å². The average Bonchev–Trinajstić information content (AvgIpc) is 2.36. The van der Waals surface area contributed by atoms with Crippen LogP contribution in [0.15, 0.2) is 24.4 Å². The summed E-state index contributed by atoms with van der Waals surface area (Å²) in [4.78, 5) is 12.7. The maximum Gasteiger partial charge on any atom is 0.137 e. The smallest absolute Gasteiger partial charge is 0.137 e. The topological polar surface area (TPSA) is 50.7 Å². The lowest BCUT2D eigenvalue weighted by Gasteiger charge is -2.09. The molecule has 0 aliphatic rings. The maximum absolute atomic E-state index is 6.01. The van der Waals surface area contributed by atoms with E-state index in [9.17, 15) is 0 Å². The van der Waals surface area contributed by atoms with E-state index in [-0.39, 0.29) is 0 Å². The van der Waals surface area contributed by atoms with Crippen molar-refractivity contribution >= 4 is 17.4 Å². The van der Waals surface area contributed by atoms with Gasteiger partial charge in [0.2, 0.25) is 0 Å². The van der Waals surface area contributed by atoms with Crippen molar-refractivity contribution in [3.05, 3.63) is 46.6 Å². The number of pyridine rings is 1. The minimum atomic E-state index is 0.503. The minimum absolute atomic E-state index is 0.503. The normalized spacial score (nSPS) is 10.4. The quantitative estimate of drug-likeness (QED) is 0.861. The van der Waals surface area contributed by atoms with Gasteiger partial charge in [-0.25, -0.2) is 9.97 Å². The van der Waals surface area contributed by atoms with E-state index in [1.807, 2.05) is 32.0 Å². The van der Waals surface area contributed by atoms with Crippen molar-refractivity contribution in [3.8, 4) is 0 Å². The number of aryl methyl sites for hydroxylation is 1. The molecule has 2 heterocycles. The van der Waals surface area contributed by atoms with E-state index >= 15 is 0 Å². The number of halogens is 1. The summed E-state index contributed by atoms with van der Waals surface area (Å²) in [5.41, 5.74) is 1.93. The number of aromatic nitrogens is 3. The first-order valence-corrected chi connectivity index (χ1v) is 6.19. The highest BCUT2D eigenvalue weighted by Gasteiger charge is 2.06. The van der Waals surface area contributed by atoms with Gasteiger partial charge in [0.25, 0.3) is 0 Å². The summed E-state index contributed by atoms with van der Waals surface area (Å²) >= 11 is 6.01. The van der Waals surface area contributed by atoms with Crippen molar-refractivity contribution in [2.45, 2.75) is 20.3 Å². The van der Waals surface area contributed by atoms with E-state index in [0.29, 0.717) is 11.0 Å². The van der Waals surface area contributed by atoms with Crippen LogP contribution in [0, 0.1) is 13.8 Å². The van der Waals surface area contributed by atoms with Gasteiger partial charge in [-0.2, -0.15) is 0 Å². The van der Waals surface area contributed by atoms with Crippen molar-refractivity contribution < 1.29 is 0 Å². The molecule has 2 rings (SSSR count). The van der Waals surface area contributed by atoms with Gasteiger partial charge in [0.05, 0.1) is 0 Å². The predicted molar refractivity (Wildman–Crippen MR) is 72.9 cm³/mol. The third kappa shape index (κ3) is 3.17. The largest absolute Gasteiger partial charge is 0.369 e. The first-order chi connectivity index (χ1) is 8.66. The molecule has 0 radical (unpaired) electrons. The van der Waals surface area contributed by atoms with Crippen LogP contribution in [0.2, 0.25) is 5.15 Å². The van der Waals surface area contributed by atoms with Crippen molar-refractivity contribution in [2.75, 3.05) is 11.9 Å². The Morgan fingerprint density at radius 3 is 2.78 bits per heavy atom.